The van der Waals surface area contributed by atoms with Crippen molar-refractivity contribution in [1.82, 2.24) is 14.7 Å². The Morgan fingerprint density at radius 2 is 2.56 bits per heavy atom. The fourth-order valence-electron chi connectivity index (χ4n) is 1.69. The van der Waals surface area contributed by atoms with E-state index in [2.05, 4.69) is 14.7 Å². The predicted molar refractivity (Wildman–Crippen MR) is 62.5 cm³/mol. The van der Waals surface area contributed by atoms with Crippen LogP contribution in [0, 0.1) is 0 Å². The smallest absolute Gasteiger partial charge is 0.241 e. The summed E-state index contributed by atoms with van der Waals surface area (Å²) in [6.45, 7) is 4.17. The molecule has 0 aliphatic carbocycles. The summed E-state index contributed by atoms with van der Waals surface area (Å²) in [4.78, 5) is 17.6. The Hall–Kier alpha value is -1.21. The van der Waals surface area contributed by atoms with Gasteiger partial charge in [-0.2, -0.15) is 4.37 Å². The van der Waals surface area contributed by atoms with Crippen molar-refractivity contribution in [1.29, 1.82) is 0 Å². The first-order valence-electron chi connectivity index (χ1n) is 5.31. The number of amides is 1. The van der Waals surface area contributed by atoms with E-state index in [0.29, 0.717) is 6.54 Å². The minimum Gasteiger partial charge on any atom is -0.368 e. The van der Waals surface area contributed by atoms with Crippen LogP contribution in [-0.4, -0.2) is 40.9 Å². The Morgan fingerprint density at radius 3 is 3.19 bits per heavy atom. The normalized spacial score (nSPS) is 21.1. The number of anilines is 1. The van der Waals surface area contributed by atoms with Gasteiger partial charge in [0.25, 0.3) is 0 Å². The first kappa shape index (κ1) is 11.3. The lowest BCUT2D eigenvalue weighted by Crippen LogP contribution is -2.57. The molecule has 1 aliphatic rings. The first-order chi connectivity index (χ1) is 7.72. The molecular formula is C9H15N5OS. The van der Waals surface area contributed by atoms with Gasteiger partial charge in [0.1, 0.15) is 11.9 Å². The molecule has 2 rings (SSSR count). The third kappa shape index (κ3) is 2.14. The van der Waals surface area contributed by atoms with Crippen LogP contribution in [0.25, 0.3) is 0 Å². The molecular weight excluding hydrogens is 226 g/mol. The van der Waals surface area contributed by atoms with Crippen molar-refractivity contribution in [2.75, 3.05) is 24.5 Å². The average Bonchev–Trinajstić information content (AvgIpc) is 2.77. The highest BCUT2D eigenvalue weighted by molar-refractivity contribution is 7.09. The van der Waals surface area contributed by atoms with E-state index in [1.54, 1.807) is 0 Å². The molecule has 1 unspecified atom stereocenters. The van der Waals surface area contributed by atoms with Crippen molar-refractivity contribution in [2.24, 2.45) is 5.73 Å². The van der Waals surface area contributed by atoms with Gasteiger partial charge in [-0.1, -0.05) is 6.92 Å². The number of hydrogen-bond acceptors (Lipinski definition) is 6. The average molecular weight is 241 g/mol. The monoisotopic (exact) mass is 241 g/mol. The molecule has 3 N–H and O–H groups in total. The van der Waals surface area contributed by atoms with Gasteiger partial charge in [-0.25, -0.2) is 4.98 Å². The van der Waals surface area contributed by atoms with Gasteiger partial charge < -0.3 is 16.0 Å². The molecule has 0 aromatic carbocycles. The Labute approximate surface area is 98.0 Å². The summed E-state index contributed by atoms with van der Waals surface area (Å²) in [5.74, 6) is 0.502. The Balaban J connectivity index is 2.19. The fourth-order valence-corrected chi connectivity index (χ4v) is 2.52. The van der Waals surface area contributed by atoms with E-state index in [9.17, 15) is 4.79 Å². The van der Waals surface area contributed by atoms with Crippen LogP contribution in [0.1, 0.15) is 12.7 Å². The number of nitrogens with two attached hydrogens (primary N) is 1. The van der Waals surface area contributed by atoms with Crippen molar-refractivity contribution >= 4 is 22.6 Å². The van der Waals surface area contributed by atoms with Crippen LogP contribution in [0.2, 0.25) is 0 Å². The van der Waals surface area contributed by atoms with Crippen LogP contribution in [0.3, 0.4) is 0 Å². The molecule has 1 amide bonds. The van der Waals surface area contributed by atoms with Crippen LogP contribution in [-0.2, 0) is 11.2 Å². The SMILES string of the molecule is CCc1nsc(N2CCNCC2C(N)=O)n1. The maximum absolute atomic E-state index is 11.3. The summed E-state index contributed by atoms with van der Waals surface area (Å²) in [6, 6.07) is -0.314. The van der Waals surface area contributed by atoms with Gasteiger partial charge in [0.05, 0.1) is 0 Å². The molecule has 0 saturated carbocycles. The Kier molecular flexibility index (Phi) is 3.35. The third-order valence-corrected chi connectivity index (χ3v) is 3.38. The standard InChI is InChI=1S/C9H15N5OS/c1-2-7-12-9(16-13-7)14-4-3-11-5-6(14)8(10)15/h6,11H,2-5H2,1H3,(H2,10,15). The van der Waals surface area contributed by atoms with E-state index in [4.69, 9.17) is 5.73 Å². The van der Waals surface area contributed by atoms with E-state index in [0.717, 1.165) is 30.5 Å². The van der Waals surface area contributed by atoms with Gasteiger partial charge in [-0.3, -0.25) is 4.79 Å². The van der Waals surface area contributed by atoms with Crippen LogP contribution >= 0.6 is 11.5 Å². The lowest BCUT2D eigenvalue weighted by atomic mass is 10.2. The number of carbonyl (C=O) groups excluding carboxylic acids is 1. The second kappa shape index (κ2) is 4.75. The second-order valence-electron chi connectivity index (χ2n) is 3.66. The number of carbonyl (C=O) groups is 1. The molecule has 7 heteroatoms. The Bertz CT molecular complexity index is 380. The molecule has 16 heavy (non-hydrogen) atoms. The first-order valence-corrected chi connectivity index (χ1v) is 6.09. The summed E-state index contributed by atoms with van der Waals surface area (Å²) in [6.07, 6.45) is 0.809. The molecule has 1 atom stereocenters. The lowest BCUT2D eigenvalue weighted by Gasteiger charge is -2.33. The highest BCUT2D eigenvalue weighted by atomic mass is 32.1. The van der Waals surface area contributed by atoms with Crippen LogP contribution < -0.4 is 16.0 Å². The third-order valence-electron chi connectivity index (χ3n) is 2.59. The zero-order valence-electron chi connectivity index (χ0n) is 9.14. The molecule has 0 radical (unpaired) electrons. The number of primary amides is 1. The minimum absolute atomic E-state index is 0.314. The summed E-state index contributed by atoms with van der Waals surface area (Å²) in [5, 5.41) is 3.94. The van der Waals surface area contributed by atoms with Crippen molar-refractivity contribution in [3.8, 4) is 0 Å². The van der Waals surface area contributed by atoms with Gasteiger partial charge in [0, 0.05) is 37.6 Å². The molecule has 1 aliphatic heterocycles. The molecule has 0 spiro atoms. The number of rotatable bonds is 3. The van der Waals surface area contributed by atoms with E-state index in [-0.39, 0.29) is 11.9 Å². The quantitative estimate of drug-likeness (QED) is 0.735. The second-order valence-corrected chi connectivity index (χ2v) is 4.39. The highest BCUT2D eigenvalue weighted by Crippen LogP contribution is 2.20. The predicted octanol–water partition coefficient (Wildman–Crippen LogP) is -0.636. The minimum atomic E-state index is -0.319. The number of nitrogens with one attached hydrogen (secondary N) is 1. The van der Waals surface area contributed by atoms with Gasteiger partial charge in [0.15, 0.2) is 0 Å². The Morgan fingerprint density at radius 1 is 1.75 bits per heavy atom. The maximum atomic E-state index is 11.3. The molecule has 1 aromatic heterocycles. The zero-order valence-corrected chi connectivity index (χ0v) is 9.96. The van der Waals surface area contributed by atoms with Gasteiger partial charge >= 0.3 is 0 Å². The van der Waals surface area contributed by atoms with Crippen LogP contribution in [0.4, 0.5) is 5.13 Å². The number of aryl methyl sites for hydroxylation is 1. The summed E-state index contributed by atoms with van der Waals surface area (Å²) >= 11 is 1.33. The number of nitrogens with zero attached hydrogens (tertiary/aromatic N) is 3. The zero-order chi connectivity index (χ0) is 11.5. The van der Waals surface area contributed by atoms with Gasteiger partial charge in [0.2, 0.25) is 11.0 Å². The van der Waals surface area contributed by atoms with Crippen molar-refractivity contribution in [3.63, 3.8) is 0 Å². The van der Waals surface area contributed by atoms with Crippen molar-refractivity contribution in [3.05, 3.63) is 5.82 Å². The summed E-state index contributed by atoms with van der Waals surface area (Å²) < 4.78 is 4.22. The van der Waals surface area contributed by atoms with Gasteiger partial charge in [-0.15, -0.1) is 0 Å². The molecule has 1 aromatic rings. The van der Waals surface area contributed by atoms with E-state index < -0.39 is 0 Å². The summed E-state index contributed by atoms with van der Waals surface area (Å²) in [7, 11) is 0. The molecule has 1 saturated heterocycles. The fraction of sp³-hybridized carbons (Fsp3) is 0.667. The number of hydrogen-bond donors (Lipinski definition) is 2. The largest absolute Gasteiger partial charge is 0.368 e. The van der Waals surface area contributed by atoms with Crippen LogP contribution in [0.15, 0.2) is 0 Å². The van der Waals surface area contributed by atoms with E-state index >= 15 is 0 Å². The maximum Gasteiger partial charge on any atom is 0.241 e. The number of piperazine rings is 1. The van der Waals surface area contributed by atoms with E-state index in [1.165, 1.54) is 11.5 Å². The summed E-state index contributed by atoms with van der Waals surface area (Å²) in [5.41, 5.74) is 5.37. The molecule has 0 bridgehead atoms. The molecule has 6 nitrogen and oxygen atoms in total. The topological polar surface area (TPSA) is 84.1 Å². The highest BCUT2D eigenvalue weighted by Gasteiger charge is 2.29. The van der Waals surface area contributed by atoms with E-state index in [1.807, 2.05) is 11.8 Å². The number of aromatic nitrogens is 2. The van der Waals surface area contributed by atoms with Crippen molar-refractivity contribution in [2.45, 2.75) is 19.4 Å². The van der Waals surface area contributed by atoms with Gasteiger partial charge in [-0.05, 0) is 0 Å². The molecule has 1 fully saturated rings. The van der Waals surface area contributed by atoms with Crippen LogP contribution in [0.5, 0.6) is 0 Å². The molecule has 88 valence electrons. The molecule has 2 heterocycles. The lowest BCUT2D eigenvalue weighted by molar-refractivity contribution is -0.119. The van der Waals surface area contributed by atoms with Crippen molar-refractivity contribution < 1.29 is 4.79 Å².